The number of aromatic amines is 1. The lowest BCUT2D eigenvalue weighted by molar-refractivity contribution is 0.578. The second kappa shape index (κ2) is 4.30. The highest BCUT2D eigenvalue weighted by Crippen LogP contribution is 2.24. The average Bonchev–Trinajstić information content (AvgIpc) is 2.86. The molecule has 0 radical (unpaired) electrons. The Hall–Kier alpha value is -1.26. The van der Waals surface area contributed by atoms with E-state index in [-0.39, 0.29) is 0 Å². The summed E-state index contributed by atoms with van der Waals surface area (Å²) < 4.78 is 0. The molecule has 2 rings (SSSR count). The van der Waals surface area contributed by atoms with E-state index in [4.69, 9.17) is 0 Å². The number of hydrogen-bond donors (Lipinski definition) is 3. The molecular formula is C9H17N5. The molecule has 1 aromatic rings. The highest BCUT2D eigenvalue weighted by Gasteiger charge is 2.14. The van der Waals surface area contributed by atoms with Crippen LogP contribution in [0.5, 0.6) is 0 Å². The van der Waals surface area contributed by atoms with Crippen molar-refractivity contribution in [3.05, 3.63) is 0 Å². The van der Waals surface area contributed by atoms with E-state index in [2.05, 4.69) is 25.8 Å². The van der Waals surface area contributed by atoms with E-state index >= 15 is 0 Å². The first-order valence-electron chi connectivity index (χ1n) is 5.22. The molecule has 0 unspecified atom stereocenters. The summed E-state index contributed by atoms with van der Waals surface area (Å²) in [6.07, 6.45) is 5.45. The molecule has 0 aromatic carbocycles. The van der Waals surface area contributed by atoms with E-state index in [1.165, 1.54) is 25.7 Å². The Morgan fingerprint density at radius 2 is 2.21 bits per heavy atom. The number of rotatable bonds is 4. The zero-order chi connectivity index (χ0) is 9.80. The highest BCUT2D eigenvalue weighted by molar-refractivity contribution is 5.32. The summed E-state index contributed by atoms with van der Waals surface area (Å²) in [5.41, 5.74) is 0. The average molecular weight is 195 g/mol. The van der Waals surface area contributed by atoms with Gasteiger partial charge in [-0.2, -0.15) is 4.98 Å². The van der Waals surface area contributed by atoms with Gasteiger partial charge < -0.3 is 10.6 Å². The van der Waals surface area contributed by atoms with E-state index in [1.54, 1.807) is 0 Å². The van der Waals surface area contributed by atoms with Crippen molar-refractivity contribution in [3.63, 3.8) is 0 Å². The third-order valence-electron chi connectivity index (χ3n) is 2.74. The topological polar surface area (TPSA) is 65.6 Å². The quantitative estimate of drug-likeness (QED) is 0.680. The number of H-pyrrole nitrogens is 1. The van der Waals surface area contributed by atoms with Gasteiger partial charge >= 0.3 is 0 Å². The summed E-state index contributed by atoms with van der Waals surface area (Å²) in [7, 11) is 1.81. The van der Waals surface area contributed by atoms with Gasteiger partial charge in [0.2, 0.25) is 11.9 Å². The van der Waals surface area contributed by atoms with Crippen LogP contribution in [0.1, 0.15) is 25.7 Å². The molecule has 0 saturated heterocycles. The number of anilines is 2. The predicted molar refractivity (Wildman–Crippen MR) is 56.4 cm³/mol. The minimum atomic E-state index is 0.638. The zero-order valence-corrected chi connectivity index (χ0v) is 8.51. The van der Waals surface area contributed by atoms with Crippen LogP contribution in [0, 0.1) is 5.92 Å². The summed E-state index contributed by atoms with van der Waals surface area (Å²) in [5.74, 6) is 2.22. The maximum Gasteiger partial charge on any atom is 0.243 e. The largest absolute Gasteiger partial charge is 0.356 e. The molecule has 5 nitrogen and oxygen atoms in total. The highest BCUT2D eigenvalue weighted by atomic mass is 15.3. The van der Waals surface area contributed by atoms with Crippen molar-refractivity contribution in [2.75, 3.05) is 24.2 Å². The summed E-state index contributed by atoms with van der Waals surface area (Å²) in [6.45, 7) is 1.01. The van der Waals surface area contributed by atoms with Crippen LogP contribution in [-0.2, 0) is 0 Å². The third-order valence-corrected chi connectivity index (χ3v) is 2.74. The number of nitrogens with zero attached hydrogens (tertiary/aromatic N) is 2. The molecular weight excluding hydrogens is 178 g/mol. The van der Waals surface area contributed by atoms with Crippen LogP contribution < -0.4 is 10.6 Å². The summed E-state index contributed by atoms with van der Waals surface area (Å²) >= 11 is 0. The smallest absolute Gasteiger partial charge is 0.243 e. The van der Waals surface area contributed by atoms with Crippen molar-refractivity contribution in [2.45, 2.75) is 25.7 Å². The fourth-order valence-corrected chi connectivity index (χ4v) is 1.91. The molecule has 0 spiro atoms. The van der Waals surface area contributed by atoms with E-state index in [1.807, 2.05) is 7.05 Å². The standard InChI is InChI=1S/C9H17N5/c1-10-8-12-9(14-13-8)11-6-7-4-2-3-5-7/h7H,2-6H2,1H3,(H3,10,11,12,13,14). The predicted octanol–water partition coefficient (Wildman–Crippen LogP) is 1.45. The van der Waals surface area contributed by atoms with Gasteiger partial charge in [0, 0.05) is 13.6 Å². The van der Waals surface area contributed by atoms with Crippen molar-refractivity contribution >= 4 is 11.9 Å². The first-order chi connectivity index (χ1) is 6.88. The van der Waals surface area contributed by atoms with E-state index < -0.39 is 0 Å². The van der Waals surface area contributed by atoms with Crippen molar-refractivity contribution in [1.29, 1.82) is 0 Å². The molecule has 14 heavy (non-hydrogen) atoms. The molecule has 0 amide bonds. The molecule has 5 heteroatoms. The Morgan fingerprint density at radius 3 is 2.86 bits per heavy atom. The molecule has 3 N–H and O–H groups in total. The van der Waals surface area contributed by atoms with E-state index in [9.17, 15) is 0 Å². The maximum absolute atomic E-state index is 4.20. The van der Waals surface area contributed by atoms with Gasteiger partial charge in [0.05, 0.1) is 0 Å². The van der Waals surface area contributed by atoms with Gasteiger partial charge in [0.25, 0.3) is 0 Å². The Bertz CT molecular complexity index is 276. The van der Waals surface area contributed by atoms with Gasteiger partial charge in [0.15, 0.2) is 0 Å². The fraction of sp³-hybridized carbons (Fsp3) is 0.778. The van der Waals surface area contributed by atoms with Gasteiger partial charge in [-0.25, -0.2) is 5.10 Å². The van der Waals surface area contributed by atoms with Crippen LogP contribution in [0.4, 0.5) is 11.9 Å². The van der Waals surface area contributed by atoms with Gasteiger partial charge in [-0.3, -0.25) is 0 Å². The molecule has 1 aliphatic rings. The van der Waals surface area contributed by atoms with Gasteiger partial charge in [-0.05, 0) is 18.8 Å². The first-order valence-corrected chi connectivity index (χ1v) is 5.22. The van der Waals surface area contributed by atoms with Crippen molar-refractivity contribution < 1.29 is 0 Å². The molecule has 0 atom stereocenters. The van der Waals surface area contributed by atoms with Crippen molar-refractivity contribution in [1.82, 2.24) is 15.2 Å². The lowest BCUT2D eigenvalue weighted by atomic mass is 10.1. The SMILES string of the molecule is CNc1n[nH]c(NCC2CCCC2)n1. The number of nitrogens with one attached hydrogen (secondary N) is 3. The normalized spacial score (nSPS) is 17.2. The van der Waals surface area contributed by atoms with E-state index in [0.717, 1.165) is 18.4 Å². The Morgan fingerprint density at radius 1 is 1.43 bits per heavy atom. The van der Waals surface area contributed by atoms with Crippen molar-refractivity contribution in [2.24, 2.45) is 5.92 Å². The van der Waals surface area contributed by atoms with Crippen LogP contribution in [-0.4, -0.2) is 28.8 Å². The molecule has 1 aromatic heterocycles. The third kappa shape index (κ3) is 2.16. The summed E-state index contributed by atoms with van der Waals surface area (Å²) in [4.78, 5) is 4.20. The van der Waals surface area contributed by atoms with Crippen LogP contribution >= 0.6 is 0 Å². The number of aromatic nitrogens is 3. The summed E-state index contributed by atoms with van der Waals surface area (Å²) in [5, 5.41) is 13.0. The fourth-order valence-electron chi connectivity index (χ4n) is 1.91. The summed E-state index contributed by atoms with van der Waals surface area (Å²) in [6, 6.07) is 0. The van der Waals surface area contributed by atoms with Crippen LogP contribution in [0.3, 0.4) is 0 Å². The Kier molecular flexibility index (Phi) is 2.86. The maximum atomic E-state index is 4.20. The van der Waals surface area contributed by atoms with Crippen LogP contribution in [0.2, 0.25) is 0 Å². The minimum absolute atomic E-state index is 0.638. The monoisotopic (exact) mass is 195 g/mol. The molecule has 1 saturated carbocycles. The first kappa shape index (κ1) is 9.30. The van der Waals surface area contributed by atoms with Gasteiger partial charge in [0.1, 0.15) is 0 Å². The van der Waals surface area contributed by atoms with Gasteiger partial charge in [-0.1, -0.05) is 12.8 Å². The van der Waals surface area contributed by atoms with Gasteiger partial charge in [-0.15, -0.1) is 5.10 Å². The van der Waals surface area contributed by atoms with E-state index in [0.29, 0.717) is 5.95 Å². The Balaban J connectivity index is 1.79. The lowest BCUT2D eigenvalue weighted by Crippen LogP contribution is -2.11. The molecule has 1 fully saturated rings. The van der Waals surface area contributed by atoms with Crippen LogP contribution in [0.15, 0.2) is 0 Å². The molecule has 0 aliphatic heterocycles. The van der Waals surface area contributed by atoms with Crippen molar-refractivity contribution in [3.8, 4) is 0 Å². The molecule has 0 bridgehead atoms. The zero-order valence-electron chi connectivity index (χ0n) is 8.51. The molecule has 1 heterocycles. The number of hydrogen-bond acceptors (Lipinski definition) is 4. The second-order valence-electron chi connectivity index (χ2n) is 3.79. The minimum Gasteiger partial charge on any atom is -0.356 e. The van der Waals surface area contributed by atoms with Crippen LogP contribution in [0.25, 0.3) is 0 Å². The second-order valence-corrected chi connectivity index (χ2v) is 3.79. The molecule has 1 aliphatic carbocycles. The lowest BCUT2D eigenvalue weighted by Gasteiger charge is -2.08. The Labute approximate surface area is 83.7 Å². The molecule has 78 valence electrons.